The van der Waals surface area contributed by atoms with Crippen LogP contribution in [0.3, 0.4) is 0 Å². The van der Waals surface area contributed by atoms with E-state index in [-0.39, 0.29) is 0 Å². The molecule has 26 heavy (non-hydrogen) atoms. The maximum atomic E-state index is 2.79. The second-order valence-electron chi connectivity index (χ2n) is 8.69. The van der Waals surface area contributed by atoms with Gasteiger partial charge in [0.05, 0.1) is 0 Å². The number of aryl methyl sites for hydroxylation is 1. The Labute approximate surface area is 157 Å². The number of benzene rings is 2. The molecular weight excluding hydrogens is 316 g/mol. The van der Waals surface area contributed by atoms with Crippen LogP contribution in [-0.2, 0) is 25.8 Å². The molecule has 0 saturated carbocycles. The summed E-state index contributed by atoms with van der Waals surface area (Å²) in [6.07, 6.45) is 7.81. The lowest BCUT2D eigenvalue weighted by atomic mass is 9.80. The van der Waals surface area contributed by atoms with Crippen molar-refractivity contribution >= 4 is 5.69 Å². The van der Waals surface area contributed by atoms with Crippen molar-refractivity contribution in [3.05, 3.63) is 64.7 Å². The van der Waals surface area contributed by atoms with Crippen molar-refractivity contribution in [2.75, 3.05) is 25.0 Å². The highest BCUT2D eigenvalue weighted by molar-refractivity contribution is 5.56. The fourth-order valence-electron chi connectivity index (χ4n) is 5.47. The lowest BCUT2D eigenvalue weighted by molar-refractivity contribution is 0.0938. The van der Waals surface area contributed by atoms with Gasteiger partial charge in [-0.05, 0) is 72.8 Å². The quantitative estimate of drug-likeness (QED) is 0.793. The lowest BCUT2D eigenvalue weighted by Gasteiger charge is -2.42. The molecule has 1 saturated heterocycles. The molecule has 0 N–H and O–H groups in total. The van der Waals surface area contributed by atoms with Gasteiger partial charge in [0.2, 0.25) is 0 Å². The number of anilines is 1. The van der Waals surface area contributed by atoms with Crippen LogP contribution in [0.4, 0.5) is 5.69 Å². The number of hydrogen-bond donors (Lipinski definition) is 0. The fourth-order valence-corrected chi connectivity index (χ4v) is 5.47. The van der Waals surface area contributed by atoms with Gasteiger partial charge in [-0.25, -0.2) is 0 Å². The molecule has 0 spiro atoms. The van der Waals surface area contributed by atoms with Crippen molar-refractivity contribution in [3.63, 3.8) is 0 Å². The highest BCUT2D eigenvalue weighted by Crippen LogP contribution is 2.34. The standard InChI is InChI=1S/C24H30N2/c1-25-12-4-7-22-14-19(9-11-24(22)25)17-26-16-18-8-10-23(26)15-21-6-3-2-5-20(21)13-18/h2-3,5-6,9,11,14,18,23H,4,7-8,10,12-13,15-17H2,1H3/t18-,23+/m1/s1. The zero-order valence-corrected chi connectivity index (χ0v) is 16.0. The molecule has 2 bridgehead atoms. The van der Waals surface area contributed by atoms with E-state index in [1.807, 2.05) is 0 Å². The topological polar surface area (TPSA) is 6.48 Å². The SMILES string of the molecule is CN1CCCc2cc(CN3C[C@@H]4CC[C@H]3Cc3ccccc3C4)ccc21. The van der Waals surface area contributed by atoms with Crippen LogP contribution in [0, 0.1) is 5.92 Å². The minimum Gasteiger partial charge on any atom is -0.374 e. The van der Waals surface area contributed by atoms with E-state index in [0.29, 0.717) is 6.04 Å². The summed E-state index contributed by atoms with van der Waals surface area (Å²) in [6.45, 7) is 3.60. The number of nitrogens with zero attached hydrogens (tertiary/aromatic N) is 2. The predicted molar refractivity (Wildman–Crippen MR) is 109 cm³/mol. The van der Waals surface area contributed by atoms with Crippen LogP contribution in [0.15, 0.2) is 42.5 Å². The predicted octanol–water partition coefficient (Wildman–Crippen LogP) is 4.45. The van der Waals surface area contributed by atoms with E-state index in [0.717, 1.165) is 12.5 Å². The summed E-state index contributed by atoms with van der Waals surface area (Å²) in [5, 5.41) is 0. The zero-order valence-electron chi connectivity index (χ0n) is 16.0. The third kappa shape index (κ3) is 3.05. The first kappa shape index (κ1) is 16.4. The Kier molecular flexibility index (Phi) is 4.24. The summed E-state index contributed by atoms with van der Waals surface area (Å²) in [5.41, 5.74) is 7.72. The molecule has 0 radical (unpaired) electrons. The van der Waals surface area contributed by atoms with Crippen LogP contribution in [0.5, 0.6) is 0 Å². The van der Waals surface area contributed by atoms with E-state index in [9.17, 15) is 0 Å². The van der Waals surface area contributed by atoms with Crippen LogP contribution in [0.1, 0.15) is 41.5 Å². The Balaban J connectivity index is 1.38. The molecule has 3 heterocycles. The van der Waals surface area contributed by atoms with E-state index in [2.05, 4.69) is 59.3 Å². The lowest BCUT2D eigenvalue weighted by Crippen LogP contribution is -2.46. The molecule has 6 rings (SSSR count). The van der Waals surface area contributed by atoms with Crippen LogP contribution >= 0.6 is 0 Å². The Morgan fingerprint density at radius 2 is 1.81 bits per heavy atom. The largest absolute Gasteiger partial charge is 0.374 e. The molecule has 136 valence electrons. The van der Waals surface area contributed by atoms with Crippen LogP contribution < -0.4 is 4.90 Å². The van der Waals surface area contributed by atoms with Crippen molar-refractivity contribution in [1.29, 1.82) is 0 Å². The van der Waals surface area contributed by atoms with Crippen molar-refractivity contribution in [3.8, 4) is 0 Å². The molecule has 2 aromatic rings. The normalized spacial score (nSPS) is 25.3. The van der Waals surface area contributed by atoms with Gasteiger partial charge < -0.3 is 4.90 Å². The van der Waals surface area contributed by atoms with E-state index < -0.39 is 0 Å². The summed E-state index contributed by atoms with van der Waals surface area (Å²) < 4.78 is 0. The molecule has 2 nitrogen and oxygen atoms in total. The highest BCUT2D eigenvalue weighted by Gasteiger charge is 2.31. The van der Waals surface area contributed by atoms with Gasteiger partial charge in [-0.2, -0.15) is 0 Å². The molecule has 1 aliphatic carbocycles. The molecule has 3 aliphatic heterocycles. The molecule has 1 fully saturated rings. The van der Waals surface area contributed by atoms with Crippen molar-refractivity contribution in [1.82, 2.24) is 4.90 Å². The highest BCUT2D eigenvalue weighted by atomic mass is 15.2. The average molecular weight is 347 g/mol. The van der Waals surface area contributed by atoms with E-state index in [1.165, 1.54) is 62.9 Å². The second-order valence-corrected chi connectivity index (χ2v) is 8.69. The van der Waals surface area contributed by atoms with Crippen molar-refractivity contribution in [2.24, 2.45) is 5.92 Å². The van der Waals surface area contributed by atoms with Crippen LogP contribution in [-0.4, -0.2) is 31.1 Å². The summed E-state index contributed by atoms with van der Waals surface area (Å²) in [4.78, 5) is 5.20. The van der Waals surface area contributed by atoms with Crippen LogP contribution in [0.25, 0.3) is 0 Å². The maximum absolute atomic E-state index is 2.79. The second kappa shape index (κ2) is 6.74. The van der Waals surface area contributed by atoms with E-state index in [4.69, 9.17) is 0 Å². The molecule has 4 aliphatic rings. The smallest absolute Gasteiger partial charge is 0.0396 e. The van der Waals surface area contributed by atoms with Gasteiger partial charge in [0, 0.05) is 38.4 Å². The van der Waals surface area contributed by atoms with Gasteiger partial charge in [-0.15, -0.1) is 0 Å². The zero-order chi connectivity index (χ0) is 17.5. The summed E-state index contributed by atoms with van der Waals surface area (Å²) in [6, 6.07) is 17.1. The number of piperidine rings is 1. The Morgan fingerprint density at radius 3 is 2.69 bits per heavy atom. The average Bonchev–Trinajstić information content (AvgIpc) is 2.63. The number of rotatable bonds is 2. The molecule has 2 aromatic carbocycles. The molecule has 0 aromatic heterocycles. The minimum absolute atomic E-state index is 0.714. The summed E-state index contributed by atoms with van der Waals surface area (Å²) in [5.74, 6) is 0.830. The number of fused-ring (bicyclic) bond motifs is 3. The molecule has 2 heteroatoms. The Hall–Kier alpha value is -1.80. The Morgan fingerprint density at radius 1 is 0.962 bits per heavy atom. The van der Waals surface area contributed by atoms with Crippen molar-refractivity contribution < 1.29 is 0 Å². The Bertz CT molecular complexity index is 797. The number of hydrogen-bond acceptors (Lipinski definition) is 2. The summed E-state index contributed by atoms with van der Waals surface area (Å²) in [7, 11) is 2.23. The molecular formula is C24H30N2. The van der Waals surface area contributed by atoms with Gasteiger partial charge in [-0.1, -0.05) is 36.4 Å². The van der Waals surface area contributed by atoms with Crippen molar-refractivity contribution in [2.45, 2.75) is 51.1 Å². The summed E-state index contributed by atoms with van der Waals surface area (Å²) >= 11 is 0. The first-order valence-corrected chi connectivity index (χ1v) is 10.4. The maximum Gasteiger partial charge on any atom is 0.0396 e. The third-order valence-electron chi connectivity index (χ3n) is 6.88. The monoisotopic (exact) mass is 346 g/mol. The van der Waals surface area contributed by atoms with Gasteiger partial charge in [0.25, 0.3) is 0 Å². The fraction of sp³-hybridized carbons (Fsp3) is 0.500. The third-order valence-corrected chi connectivity index (χ3v) is 6.88. The van der Waals surface area contributed by atoms with E-state index in [1.54, 1.807) is 16.7 Å². The first-order chi connectivity index (χ1) is 12.8. The van der Waals surface area contributed by atoms with Gasteiger partial charge >= 0.3 is 0 Å². The molecule has 0 unspecified atom stereocenters. The van der Waals surface area contributed by atoms with Crippen LogP contribution in [0.2, 0.25) is 0 Å². The van der Waals surface area contributed by atoms with Gasteiger partial charge in [0.1, 0.15) is 0 Å². The first-order valence-electron chi connectivity index (χ1n) is 10.4. The van der Waals surface area contributed by atoms with Gasteiger partial charge in [-0.3, -0.25) is 4.90 Å². The van der Waals surface area contributed by atoms with E-state index >= 15 is 0 Å². The molecule has 2 atom stereocenters. The van der Waals surface area contributed by atoms with Gasteiger partial charge in [0.15, 0.2) is 0 Å². The molecule has 0 amide bonds. The minimum atomic E-state index is 0.714.